The topological polar surface area (TPSA) is 66.9 Å². The Morgan fingerprint density at radius 2 is 1.85 bits per heavy atom. The van der Waals surface area contributed by atoms with E-state index in [4.69, 9.17) is 11.6 Å². The molecule has 0 aliphatic rings. The molecular weight excluding hydrogens is 348 g/mol. The van der Waals surface area contributed by atoms with E-state index < -0.39 is 0 Å². The Labute approximate surface area is 157 Å². The summed E-state index contributed by atoms with van der Waals surface area (Å²) >= 11 is 5.87. The van der Waals surface area contributed by atoms with Gasteiger partial charge < -0.3 is 10.6 Å². The number of hydrogen-bond donors (Lipinski definition) is 2. The summed E-state index contributed by atoms with van der Waals surface area (Å²) < 4.78 is 0. The second-order valence-corrected chi connectivity index (χ2v) is 6.27. The molecule has 0 unspecified atom stereocenters. The fraction of sp³-hybridized carbons (Fsp3) is 0.150. The number of aryl methyl sites for hydroxylation is 1. The van der Waals surface area contributed by atoms with E-state index in [-0.39, 0.29) is 5.91 Å². The molecule has 0 atom stereocenters. The van der Waals surface area contributed by atoms with Crippen LogP contribution in [0.5, 0.6) is 0 Å². The van der Waals surface area contributed by atoms with Crippen molar-refractivity contribution < 1.29 is 4.79 Å². The number of carbonyl (C=O) groups is 1. The molecule has 0 saturated heterocycles. The SMILES string of the molecule is Cc1ccccc1Nc1nccc(C(=O)NCCc2ccc(Cl)cc2)n1. The van der Waals surface area contributed by atoms with E-state index in [0.29, 0.717) is 23.2 Å². The van der Waals surface area contributed by atoms with Gasteiger partial charge in [-0.15, -0.1) is 0 Å². The zero-order chi connectivity index (χ0) is 18.4. The van der Waals surface area contributed by atoms with Crippen LogP contribution in [-0.4, -0.2) is 22.4 Å². The molecule has 0 saturated carbocycles. The standard InChI is InChI=1S/C20H19ClN4O/c1-14-4-2-3-5-17(14)24-20-23-13-11-18(25-20)19(26)22-12-10-15-6-8-16(21)9-7-15/h2-9,11,13H,10,12H2,1H3,(H,22,26)(H,23,24,25). The van der Waals surface area contributed by atoms with Gasteiger partial charge >= 0.3 is 0 Å². The molecule has 0 aliphatic heterocycles. The number of carbonyl (C=O) groups excluding carboxylic acids is 1. The van der Waals surface area contributed by atoms with Crippen molar-refractivity contribution in [3.8, 4) is 0 Å². The lowest BCUT2D eigenvalue weighted by atomic mass is 10.1. The van der Waals surface area contributed by atoms with Crippen LogP contribution in [0.1, 0.15) is 21.6 Å². The number of aromatic nitrogens is 2. The highest BCUT2D eigenvalue weighted by molar-refractivity contribution is 6.30. The molecule has 1 heterocycles. The Morgan fingerprint density at radius 3 is 2.62 bits per heavy atom. The van der Waals surface area contributed by atoms with Gasteiger partial charge in [-0.05, 0) is 48.7 Å². The lowest BCUT2D eigenvalue weighted by molar-refractivity contribution is 0.0949. The van der Waals surface area contributed by atoms with Crippen molar-refractivity contribution in [3.05, 3.63) is 82.6 Å². The smallest absolute Gasteiger partial charge is 0.270 e. The maximum absolute atomic E-state index is 12.3. The Kier molecular flexibility index (Phi) is 5.81. The summed E-state index contributed by atoms with van der Waals surface area (Å²) in [7, 11) is 0. The van der Waals surface area contributed by atoms with Crippen LogP contribution in [0.25, 0.3) is 0 Å². The van der Waals surface area contributed by atoms with Gasteiger partial charge in [-0.25, -0.2) is 9.97 Å². The Hall–Kier alpha value is -2.92. The second kappa shape index (κ2) is 8.45. The average molecular weight is 367 g/mol. The molecule has 1 amide bonds. The molecule has 0 aliphatic carbocycles. The summed E-state index contributed by atoms with van der Waals surface area (Å²) in [6, 6.07) is 17.0. The van der Waals surface area contributed by atoms with Crippen LogP contribution in [0.2, 0.25) is 5.02 Å². The monoisotopic (exact) mass is 366 g/mol. The van der Waals surface area contributed by atoms with E-state index in [0.717, 1.165) is 23.2 Å². The second-order valence-electron chi connectivity index (χ2n) is 5.84. The summed E-state index contributed by atoms with van der Waals surface area (Å²) in [6.45, 7) is 2.51. The highest BCUT2D eigenvalue weighted by atomic mass is 35.5. The number of nitrogens with one attached hydrogen (secondary N) is 2. The molecule has 0 radical (unpaired) electrons. The molecule has 3 rings (SSSR count). The van der Waals surface area contributed by atoms with Crippen LogP contribution in [0.3, 0.4) is 0 Å². The highest BCUT2D eigenvalue weighted by Gasteiger charge is 2.09. The van der Waals surface area contributed by atoms with Gasteiger partial charge in [0, 0.05) is 23.5 Å². The third-order valence-corrected chi connectivity index (χ3v) is 4.14. The number of halogens is 1. The largest absolute Gasteiger partial charge is 0.350 e. The molecule has 26 heavy (non-hydrogen) atoms. The van der Waals surface area contributed by atoms with E-state index in [1.165, 1.54) is 0 Å². The molecule has 1 aromatic heterocycles. The van der Waals surface area contributed by atoms with Gasteiger partial charge in [0.15, 0.2) is 0 Å². The molecule has 0 bridgehead atoms. The first kappa shape index (κ1) is 17.9. The highest BCUT2D eigenvalue weighted by Crippen LogP contribution is 2.17. The number of amides is 1. The van der Waals surface area contributed by atoms with E-state index in [1.54, 1.807) is 12.3 Å². The summed E-state index contributed by atoms with van der Waals surface area (Å²) in [5, 5.41) is 6.72. The van der Waals surface area contributed by atoms with Crippen molar-refractivity contribution in [1.82, 2.24) is 15.3 Å². The van der Waals surface area contributed by atoms with Crippen LogP contribution in [0.15, 0.2) is 60.8 Å². The van der Waals surface area contributed by atoms with Gasteiger partial charge in [-0.1, -0.05) is 41.9 Å². The predicted molar refractivity (Wildman–Crippen MR) is 104 cm³/mol. The Bertz CT molecular complexity index is 896. The first-order valence-corrected chi connectivity index (χ1v) is 8.68. The fourth-order valence-electron chi connectivity index (χ4n) is 2.44. The minimum atomic E-state index is -0.228. The molecule has 0 fully saturated rings. The average Bonchev–Trinajstić information content (AvgIpc) is 2.65. The number of para-hydroxylation sites is 1. The van der Waals surface area contributed by atoms with Crippen LogP contribution in [0.4, 0.5) is 11.6 Å². The van der Waals surface area contributed by atoms with Crippen molar-refractivity contribution in [2.45, 2.75) is 13.3 Å². The number of rotatable bonds is 6. The normalized spacial score (nSPS) is 10.4. The number of benzene rings is 2. The maximum atomic E-state index is 12.3. The summed E-state index contributed by atoms with van der Waals surface area (Å²) in [4.78, 5) is 20.8. The quantitative estimate of drug-likeness (QED) is 0.687. The molecule has 6 heteroatoms. The third-order valence-electron chi connectivity index (χ3n) is 3.89. The van der Waals surface area contributed by atoms with E-state index in [9.17, 15) is 4.79 Å². The third kappa shape index (κ3) is 4.80. The molecule has 5 nitrogen and oxygen atoms in total. The molecule has 2 N–H and O–H groups in total. The van der Waals surface area contributed by atoms with Gasteiger partial charge in [0.25, 0.3) is 5.91 Å². The fourth-order valence-corrected chi connectivity index (χ4v) is 2.57. The van der Waals surface area contributed by atoms with Gasteiger partial charge in [-0.3, -0.25) is 4.79 Å². The number of hydrogen-bond acceptors (Lipinski definition) is 4. The summed E-state index contributed by atoms with van der Waals surface area (Å²) in [5.74, 6) is 0.166. The van der Waals surface area contributed by atoms with Crippen molar-refractivity contribution in [1.29, 1.82) is 0 Å². The lowest BCUT2D eigenvalue weighted by Crippen LogP contribution is -2.26. The Balaban J connectivity index is 1.59. The van der Waals surface area contributed by atoms with Crippen LogP contribution < -0.4 is 10.6 Å². The summed E-state index contributed by atoms with van der Waals surface area (Å²) in [6.07, 6.45) is 2.30. The van der Waals surface area contributed by atoms with E-state index >= 15 is 0 Å². The van der Waals surface area contributed by atoms with E-state index in [1.807, 2.05) is 55.5 Å². The van der Waals surface area contributed by atoms with Crippen LogP contribution >= 0.6 is 11.6 Å². The predicted octanol–water partition coefficient (Wildman–Crippen LogP) is 4.15. The van der Waals surface area contributed by atoms with Crippen molar-refractivity contribution in [2.24, 2.45) is 0 Å². The van der Waals surface area contributed by atoms with Crippen LogP contribution in [0, 0.1) is 6.92 Å². The van der Waals surface area contributed by atoms with Gasteiger partial charge in [-0.2, -0.15) is 0 Å². The van der Waals surface area contributed by atoms with Crippen molar-refractivity contribution in [3.63, 3.8) is 0 Å². The first-order valence-electron chi connectivity index (χ1n) is 8.30. The van der Waals surface area contributed by atoms with Crippen molar-refractivity contribution >= 4 is 29.1 Å². The molecule has 3 aromatic rings. The van der Waals surface area contributed by atoms with Gasteiger partial charge in [0.2, 0.25) is 5.95 Å². The summed E-state index contributed by atoms with van der Waals surface area (Å²) in [5.41, 5.74) is 3.42. The number of nitrogens with zero attached hydrogens (tertiary/aromatic N) is 2. The lowest BCUT2D eigenvalue weighted by Gasteiger charge is -2.09. The van der Waals surface area contributed by atoms with Crippen LogP contribution in [-0.2, 0) is 6.42 Å². The zero-order valence-electron chi connectivity index (χ0n) is 14.4. The maximum Gasteiger partial charge on any atom is 0.270 e. The minimum Gasteiger partial charge on any atom is -0.350 e. The van der Waals surface area contributed by atoms with E-state index in [2.05, 4.69) is 20.6 Å². The molecule has 0 spiro atoms. The first-order chi connectivity index (χ1) is 12.6. The van der Waals surface area contributed by atoms with Gasteiger partial charge in [0.05, 0.1) is 0 Å². The Morgan fingerprint density at radius 1 is 1.08 bits per heavy atom. The molecular formula is C20H19ClN4O. The minimum absolute atomic E-state index is 0.228. The molecule has 2 aromatic carbocycles. The molecule has 132 valence electrons. The zero-order valence-corrected chi connectivity index (χ0v) is 15.1. The van der Waals surface area contributed by atoms with Crippen molar-refractivity contribution in [2.75, 3.05) is 11.9 Å². The van der Waals surface area contributed by atoms with Gasteiger partial charge in [0.1, 0.15) is 5.69 Å². The number of anilines is 2.